The zero-order valence-electron chi connectivity index (χ0n) is 17.6. The SMILES string of the molecule is CN=C(NCc1ccccc1Cn1cccn1)NCC(c1cnn(C)c1)N(C)C. The lowest BCUT2D eigenvalue weighted by Crippen LogP contribution is -2.41. The van der Waals surface area contributed by atoms with Gasteiger partial charge in [0.1, 0.15) is 0 Å². The first-order chi connectivity index (χ1) is 14.1. The molecule has 0 saturated carbocycles. The predicted octanol–water partition coefficient (Wildman–Crippen LogP) is 1.63. The lowest BCUT2D eigenvalue weighted by atomic mass is 10.1. The van der Waals surface area contributed by atoms with Gasteiger partial charge in [0.25, 0.3) is 0 Å². The second kappa shape index (κ2) is 9.88. The summed E-state index contributed by atoms with van der Waals surface area (Å²) in [6.45, 7) is 2.17. The molecule has 0 aliphatic rings. The lowest BCUT2D eigenvalue weighted by Gasteiger charge is -2.24. The molecular weight excluding hydrogens is 364 g/mol. The summed E-state index contributed by atoms with van der Waals surface area (Å²) in [5, 5.41) is 15.5. The molecule has 3 aromatic rings. The first-order valence-corrected chi connectivity index (χ1v) is 9.70. The number of aromatic nitrogens is 4. The molecule has 0 spiro atoms. The fourth-order valence-corrected chi connectivity index (χ4v) is 3.26. The summed E-state index contributed by atoms with van der Waals surface area (Å²) in [4.78, 5) is 6.55. The monoisotopic (exact) mass is 394 g/mol. The Hall–Kier alpha value is -3.13. The molecule has 0 aliphatic heterocycles. The third kappa shape index (κ3) is 5.68. The average Bonchev–Trinajstić information content (AvgIpc) is 3.37. The molecule has 1 unspecified atom stereocenters. The molecule has 2 aromatic heterocycles. The maximum atomic E-state index is 4.38. The lowest BCUT2D eigenvalue weighted by molar-refractivity contribution is 0.298. The second-order valence-electron chi connectivity index (χ2n) is 7.21. The normalized spacial score (nSPS) is 12.9. The van der Waals surface area contributed by atoms with Gasteiger partial charge >= 0.3 is 0 Å². The van der Waals surface area contributed by atoms with E-state index >= 15 is 0 Å². The number of guanidine groups is 1. The van der Waals surface area contributed by atoms with Gasteiger partial charge in [-0.25, -0.2) is 0 Å². The van der Waals surface area contributed by atoms with Gasteiger partial charge in [-0.05, 0) is 31.3 Å². The van der Waals surface area contributed by atoms with E-state index in [2.05, 4.69) is 69.1 Å². The topological polar surface area (TPSA) is 75.3 Å². The molecule has 0 saturated heterocycles. The van der Waals surface area contributed by atoms with Crippen LogP contribution in [0.4, 0.5) is 0 Å². The maximum Gasteiger partial charge on any atom is 0.191 e. The summed E-state index contributed by atoms with van der Waals surface area (Å²) < 4.78 is 3.76. The van der Waals surface area contributed by atoms with Gasteiger partial charge in [0.15, 0.2) is 5.96 Å². The Morgan fingerprint density at radius 2 is 1.93 bits per heavy atom. The molecule has 0 amide bonds. The fraction of sp³-hybridized carbons (Fsp3) is 0.381. The third-order valence-electron chi connectivity index (χ3n) is 4.88. The van der Waals surface area contributed by atoms with Crippen LogP contribution in [0.2, 0.25) is 0 Å². The molecule has 2 heterocycles. The summed E-state index contributed by atoms with van der Waals surface area (Å²) in [5.41, 5.74) is 3.63. The molecular formula is C21H30N8. The van der Waals surface area contributed by atoms with Crippen LogP contribution in [0.5, 0.6) is 0 Å². The molecule has 0 bridgehead atoms. The van der Waals surface area contributed by atoms with Crippen LogP contribution in [0, 0.1) is 0 Å². The molecule has 1 atom stereocenters. The third-order valence-corrected chi connectivity index (χ3v) is 4.88. The van der Waals surface area contributed by atoms with Crippen molar-refractivity contribution in [1.82, 2.24) is 35.1 Å². The van der Waals surface area contributed by atoms with E-state index < -0.39 is 0 Å². The Balaban J connectivity index is 1.59. The molecule has 1 aromatic carbocycles. The number of rotatable bonds is 8. The molecule has 8 nitrogen and oxygen atoms in total. The minimum Gasteiger partial charge on any atom is -0.354 e. The number of likely N-dealkylation sites (N-methyl/N-ethyl adjacent to an activating group) is 1. The Morgan fingerprint density at radius 3 is 2.55 bits per heavy atom. The minimum absolute atomic E-state index is 0.203. The molecule has 29 heavy (non-hydrogen) atoms. The quantitative estimate of drug-likeness (QED) is 0.449. The van der Waals surface area contributed by atoms with Crippen LogP contribution < -0.4 is 10.6 Å². The van der Waals surface area contributed by atoms with Crippen LogP contribution in [0.15, 0.2) is 60.1 Å². The standard InChI is InChI=1S/C21H30N8/c1-22-21(24-14-20(27(2)3)19-13-26-28(4)15-19)23-12-17-8-5-6-9-18(17)16-29-11-7-10-25-29/h5-11,13,15,20H,12,14,16H2,1-4H3,(H2,22,23,24). The van der Waals surface area contributed by atoms with E-state index in [1.54, 1.807) is 13.2 Å². The number of hydrogen-bond acceptors (Lipinski definition) is 4. The molecule has 0 radical (unpaired) electrons. The fourth-order valence-electron chi connectivity index (χ4n) is 3.26. The Kier molecular flexibility index (Phi) is 7.02. The number of nitrogens with one attached hydrogen (secondary N) is 2. The van der Waals surface area contributed by atoms with Crippen LogP contribution in [0.3, 0.4) is 0 Å². The highest BCUT2D eigenvalue weighted by Gasteiger charge is 2.16. The predicted molar refractivity (Wildman–Crippen MR) is 116 cm³/mol. The first-order valence-electron chi connectivity index (χ1n) is 9.70. The van der Waals surface area contributed by atoms with Crippen molar-refractivity contribution in [3.05, 3.63) is 71.8 Å². The van der Waals surface area contributed by atoms with Gasteiger partial charge in [-0.1, -0.05) is 24.3 Å². The summed E-state index contributed by atoms with van der Waals surface area (Å²) in [6.07, 6.45) is 7.74. The number of hydrogen-bond donors (Lipinski definition) is 2. The smallest absolute Gasteiger partial charge is 0.191 e. The van der Waals surface area contributed by atoms with Gasteiger partial charge < -0.3 is 15.5 Å². The molecule has 154 valence electrons. The minimum atomic E-state index is 0.203. The van der Waals surface area contributed by atoms with E-state index in [-0.39, 0.29) is 6.04 Å². The van der Waals surface area contributed by atoms with Crippen molar-refractivity contribution >= 4 is 5.96 Å². The van der Waals surface area contributed by atoms with Crippen molar-refractivity contribution in [3.63, 3.8) is 0 Å². The summed E-state index contributed by atoms with van der Waals surface area (Å²) >= 11 is 0. The zero-order valence-corrected chi connectivity index (χ0v) is 17.6. The second-order valence-corrected chi connectivity index (χ2v) is 7.21. The van der Waals surface area contributed by atoms with Crippen LogP contribution in [-0.2, 0) is 20.1 Å². The number of nitrogens with zero attached hydrogens (tertiary/aromatic N) is 6. The maximum absolute atomic E-state index is 4.38. The van der Waals surface area contributed by atoms with E-state index in [1.807, 2.05) is 41.1 Å². The number of benzene rings is 1. The Labute approximate surface area is 172 Å². The van der Waals surface area contributed by atoms with Crippen molar-refractivity contribution in [2.75, 3.05) is 27.7 Å². The highest BCUT2D eigenvalue weighted by atomic mass is 15.3. The van der Waals surface area contributed by atoms with Crippen LogP contribution in [-0.4, -0.2) is 58.1 Å². The van der Waals surface area contributed by atoms with Crippen molar-refractivity contribution in [2.24, 2.45) is 12.0 Å². The van der Waals surface area contributed by atoms with Gasteiger partial charge in [0.2, 0.25) is 0 Å². The van der Waals surface area contributed by atoms with Crippen LogP contribution in [0.1, 0.15) is 22.7 Å². The van der Waals surface area contributed by atoms with Crippen LogP contribution in [0.25, 0.3) is 0 Å². The summed E-state index contributed by atoms with van der Waals surface area (Å²) in [5.74, 6) is 0.773. The summed E-state index contributed by atoms with van der Waals surface area (Å²) in [7, 11) is 7.87. The average molecular weight is 395 g/mol. The van der Waals surface area contributed by atoms with Gasteiger partial charge in [0, 0.05) is 51.3 Å². The molecule has 3 rings (SSSR count). The van der Waals surface area contributed by atoms with Crippen molar-refractivity contribution < 1.29 is 0 Å². The highest BCUT2D eigenvalue weighted by Crippen LogP contribution is 2.16. The number of aryl methyl sites for hydroxylation is 1. The van der Waals surface area contributed by atoms with E-state index in [4.69, 9.17) is 0 Å². The largest absolute Gasteiger partial charge is 0.354 e. The van der Waals surface area contributed by atoms with Crippen molar-refractivity contribution in [1.29, 1.82) is 0 Å². The van der Waals surface area contributed by atoms with Crippen LogP contribution >= 0.6 is 0 Å². The zero-order chi connectivity index (χ0) is 20.6. The van der Waals surface area contributed by atoms with Gasteiger partial charge in [-0.15, -0.1) is 0 Å². The van der Waals surface area contributed by atoms with E-state index in [0.717, 1.165) is 19.0 Å². The molecule has 2 N–H and O–H groups in total. The van der Waals surface area contributed by atoms with E-state index in [1.165, 1.54) is 16.7 Å². The molecule has 8 heteroatoms. The molecule has 0 aliphatic carbocycles. The number of aliphatic imine (C=N–C) groups is 1. The van der Waals surface area contributed by atoms with Crippen molar-refractivity contribution in [2.45, 2.75) is 19.1 Å². The van der Waals surface area contributed by atoms with Crippen molar-refractivity contribution in [3.8, 4) is 0 Å². The summed E-state index contributed by atoms with van der Waals surface area (Å²) in [6, 6.07) is 10.5. The van der Waals surface area contributed by atoms with Gasteiger partial charge in [-0.2, -0.15) is 10.2 Å². The highest BCUT2D eigenvalue weighted by molar-refractivity contribution is 5.79. The first kappa shape index (κ1) is 20.6. The Morgan fingerprint density at radius 1 is 1.14 bits per heavy atom. The van der Waals surface area contributed by atoms with E-state index in [0.29, 0.717) is 6.54 Å². The van der Waals surface area contributed by atoms with Gasteiger partial charge in [-0.3, -0.25) is 14.4 Å². The Bertz CT molecular complexity index is 910. The van der Waals surface area contributed by atoms with Gasteiger partial charge in [0.05, 0.1) is 18.8 Å². The molecule has 0 fully saturated rings. The van der Waals surface area contributed by atoms with E-state index in [9.17, 15) is 0 Å².